The van der Waals surface area contributed by atoms with E-state index in [0.29, 0.717) is 15.8 Å². The van der Waals surface area contributed by atoms with Gasteiger partial charge in [0, 0.05) is 5.02 Å². The summed E-state index contributed by atoms with van der Waals surface area (Å²) in [6, 6.07) is 14.8. The fourth-order valence-electron chi connectivity index (χ4n) is 2.79. The Bertz CT molecular complexity index is 696. The number of nitrogens with one attached hydrogen (secondary N) is 1. The van der Waals surface area contributed by atoms with Gasteiger partial charge in [-0.15, -0.1) is 0 Å². The van der Waals surface area contributed by atoms with Crippen molar-refractivity contribution in [3.05, 3.63) is 64.1 Å². The van der Waals surface area contributed by atoms with Crippen LogP contribution in [0.5, 0.6) is 5.75 Å². The van der Waals surface area contributed by atoms with E-state index in [4.69, 9.17) is 27.9 Å². The molecule has 0 heterocycles. The van der Waals surface area contributed by atoms with Gasteiger partial charge in [0.2, 0.25) is 0 Å². The lowest BCUT2D eigenvalue weighted by atomic mass is 9.72. The highest BCUT2D eigenvalue weighted by Crippen LogP contribution is 2.41. The molecule has 0 saturated heterocycles. The quantitative estimate of drug-likeness (QED) is 0.858. The third-order valence-corrected chi connectivity index (χ3v) is 4.74. The van der Waals surface area contributed by atoms with Crippen LogP contribution in [0.15, 0.2) is 48.5 Å². The van der Waals surface area contributed by atoms with E-state index in [0.717, 1.165) is 24.8 Å². The van der Waals surface area contributed by atoms with Crippen molar-refractivity contribution in [1.29, 1.82) is 0 Å². The van der Waals surface area contributed by atoms with Crippen LogP contribution < -0.4 is 10.1 Å². The zero-order valence-corrected chi connectivity index (χ0v) is 14.0. The molecule has 3 nitrogen and oxygen atoms in total. The highest BCUT2D eigenvalue weighted by Gasteiger charge is 2.39. The van der Waals surface area contributed by atoms with E-state index in [-0.39, 0.29) is 18.1 Å². The summed E-state index contributed by atoms with van der Waals surface area (Å²) in [4.78, 5) is 12.3. The van der Waals surface area contributed by atoms with E-state index in [1.165, 1.54) is 0 Å². The number of benzene rings is 2. The Hall–Kier alpha value is -1.71. The predicted octanol–water partition coefficient (Wildman–Crippen LogP) is 4.57. The molecule has 0 aliphatic heterocycles. The summed E-state index contributed by atoms with van der Waals surface area (Å²) in [5.74, 6) is 0.359. The maximum atomic E-state index is 12.3. The van der Waals surface area contributed by atoms with Gasteiger partial charge in [-0.05, 0) is 49.1 Å². The van der Waals surface area contributed by atoms with Crippen LogP contribution in [-0.4, -0.2) is 12.5 Å². The molecular weight excluding hydrogens is 333 g/mol. The van der Waals surface area contributed by atoms with Crippen LogP contribution in [0.3, 0.4) is 0 Å². The van der Waals surface area contributed by atoms with E-state index < -0.39 is 0 Å². The Morgan fingerprint density at radius 3 is 2.39 bits per heavy atom. The third kappa shape index (κ3) is 3.62. The number of amides is 1. The molecule has 0 atom stereocenters. The van der Waals surface area contributed by atoms with Crippen LogP contribution in [0.25, 0.3) is 0 Å². The van der Waals surface area contributed by atoms with Crippen LogP contribution in [0.2, 0.25) is 10.0 Å². The lowest BCUT2D eigenvalue weighted by Crippen LogP contribution is -2.52. The summed E-state index contributed by atoms with van der Waals surface area (Å²) in [5.41, 5.74) is 0.783. The molecule has 5 heteroatoms. The van der Waals surface area contributed by atoms with Crippen molar-refractivity contribution in [2.24, 2.45) is 0 Å². The first-order valence-corrected chi connectivity index (χ1v) is 8.29. The molecule has 3 rings (SSSR count). The second-order valence-corrected chi connectivity index (χ2v) is 6.55. The normalized spacial score (nSPS) is 15.6. The molecule has 1 aliphatic rings. The average molecular weight is 350 g/mol. The van der Waals surface area contributed by atoms with Crippen molar-refractivity contribution in [2.75, 3.05) is 6.61 Å². The molecule has 120 valence electrons. The molecule has 23 heavy (non-hydrogen) atoms. The Labute approximate surface area is 145 Å². The van der Waals surface area contributed by atoms with Gasteiger partial charge in [-0.25, -0.2) is 0 Å². The summed E-state index contributed by atoms with van der Waals surface area (Å²) in [7, 11) is 0. The molecule has 0 radical (unpaired) electrons. The summed E-state index contributed by atoms with van der Waals surface area (Å²) in [6.45, 7) is -0.0565. The summed E-state index contributed by atoms with van der Waals surface area (Å²) < 4.78 is 5.50. The monoisotopic (exact) mass is 349 g/mol. The molecule has 0 spiro atoms. The maximum Gasteiger partial charge on any atom is 0.258 e. The minimum absolute atomic E-state index is 0.0565. The number of halogens is 2. The predicted molar refractivity (Wildman–Crippen MR) is 92.1 cm³/mol. The first-order valence-electron chi connectivity index (χ1n) is 7.53. The fourth-order valence-corrected chi connectivity index (χ4v) is 3.11. The molecule has 0 aromatic heterocycles. The molecular formula is C18H17Cl2NO2. The van der Waals surface area contributed by atoms with Gasteiger partial charge in [-0.3, -0.25) is 4.79 Å². The zero-order valence-electron chi connectivity index (χ0n) is 12.5. The molecule has 0 unspecified atom stereocenters. The van der Waals surface area contributed by atoms with Gasteiger partial charge in [0.05, 0.1) is 10.6 Å². The number of para-hydroxylation sites is 1. The van der Waals surface area contributed by atoms with Gasteiger partial charge >= 0.3 is 0 Å². The van der Waals surface area contributed by atoms with Crippen LogP contribution in [0.1, 0.15) is 24.8 Å². The van der Waals surface area contributed by atoms with E-state index in [1.807, 2.05) is 36.4 Å². The van der Waals surface area contributed by atoms with Crippen molar-refractivity contribution in [3.63, 3.8) is 0 Å². The Morgan fingerprint density at radius 1 is 1.09 bits per heavy atom. The minimum Gasteiger partial charge on any atom is -0.482 e. The topological polar surface area (TPSA) is 38.3 Å². The van der Waals surface area contributed by atoms with Crippen LogP contribution in [0, 0.1) is 0 Å². The molecule has 1 N–H and O–H groups in total. The largest absolute Gasteiger partial charge is 0.482 e. The van der Waals surface area contributed by atoms with Gasteiger partial charge in [0.15, 0.2) is 6.61 Å². The zero-order chi connectivity index (χ0) is 16.3. The highest BCUT2D eigenvalue weighted by molar-refractivity contribution is 6.32. The van der Waals surface area contributed by atoms with Gasteiger partial charge < -0.3 is 10.1 Å². The van der Waals surface area contributed by atoms with Gasteiger partial charge in [0.25, 0.3) is 5.91 Å². The standard InChI is InChI=1S/C18H17Cl2NO2/c19-14-8-6-13(7-9-14)18(10-3-11-18)21-17(22)12-23-16-5-2-1-4-15(16)20/h1-2,4-9H,3,10-12H2,(H,21,22). The van der Waals surface area contributed by atoms with Crippen LogP contribution >= 0.6 is 23.2 Å². The second-order valence-electron chi connectivity index (χ2n) is 5.71. The first kappa shape index (κ1) is 16.2. The van der Waals surface area contributed by atoms with E-state index in [9.17, 15) is 4.79 Å². The smallest absolute Gasteiger partial charge is 0.258 e. The van der Waals surface area contributed by atoms with Gasteiger partial charge in [0.1, 0.15) is 5.75 Å². The third-order valence-electron chi connectivity index (χ3n) is 4.18. The maximum absolute atomic E-state index is 12.3. The molecule has 2 aromatic rings. The summed E-state index contributed by atoms with van der Waals surface area (Å²) in [6.07, 6.45) is 2.94. The van der Waals surface area contributed by atoms with E-state index in [2.05, 4.69) is 5.32 Å². The van der Waals surface area contributed by atoms with Crippen LogP contribution in [-0.2, 0) is 10.3 Å². The van der Waals surface area contributed by atoms with E-state index >= 15 is 0 Å². The summed E-state index contributed by atoms with van der Waals surface area (Å²) >= 11 is 12.0. The number of ether oxygens (including phenoxy) is 1. The van der Waals surface area contributed by atoms with Crippen molar-refractivity contribution in [2.45, 2.75) is 24.8 Å². The molecule has 0 bridgehead atoms. The van der Waals surface area contributed by atoms with E-state index in [1.54, 1.807) is 12.1 Å². The average Bonchev–Trinajstić information content (AvgIpc) is 2.51. The Balaban J connectivity index is 1.64. The molecule has 1 amide bonds. The fraction of sp³-hybridized carbons (Fsp3) is 0.278. The Kier molecular flexibility index (Phi) is 4.79. The number of hydrogen-bond acceptors (Lipinski definition) is 2. The SMILES string of the molecule is O=C(COc1ccccc1Cl)NC1(c2ccc(Cl)cc2)CCC1. The van der Waals surface area contributed by atoms with Crippen molar-refractivity contribution >= 4 is 29.1 Å². The number of carbonyl (C=O) groups excluding carboxylic acids is 1. The first-order chi connectivity index (χ1) is 11.1. The lowest BCUT2D eigenvalue weighted by molar-refractivity contribution is -0.126. The number of hydrogen-bond donors (Lipinski definition) is 1. The molecule has 1 aliphatic carbocycles. The second kappa shape index (κ2) is 6.81. The van der Waals surface area contributed by atoms with Crippen LogP contribution in [0.4, 0.5) is 0 Å². The minimum atomic E-state index is -0.300. The highest BCUT2D eigenvalue weighted by atomic mass is 35.5. The van der Waals surface area contributed by atoms with Gasteiger partial charge in [-0.1, -0.05) is 47.5 Å². The van der Waals surface area contributed by atoms with Crippen molar-refractivity contribution < 1.29 is 9.53 Å². The summed E-state index contributed by atoms with van der Waals surface area (Å²) in [5, 5.41) is 4.29. The Morgan fingerprint density at radius 2 is 1.78 bits per heavy atom. The number of carbonyl (C=O) groups is 1. The number of rotatable bonds is 5. The molecule has 2 aromatic carbocycles. The van der Waals surface area contributed by atoms with Crippen molar-refractivity contribution in [1.82, 2.24) is 5.32 Å². The van der Waals surface area contributed by atoms with Gasteiger partial charge in [-0.2, -0.15) is 0 Å². The molecule has 1 saturated carbocycles. The lowest BCUT2D eigenvalue weighted by Gasteiger charge is -2.43. The molecule has 1 fully saturated rings. The van der Waals surface area contributed by atoms with Crippen molar-refractivity contribution in [3.8, 4) is 5.75 Å².